The number of unbranched alkanes of at least 4 members (excludes halogenated alkanes) is 1. The van der Waals surface area contributed by atoms with Gasteiger partial charge in [-0.1, -0.05) is 18.2 Å². The molecule has 0 spiro atoms. The van der Waals surface area contributed by atoms with Crippen LogP contribution in [0.4, 0.5) is 0 Å². The van der Waals surface area contributed by atoms with Crippen molar-refractivity contribution in [1.82, 2.24) is 0 Å². The lowest BCUT2D eigenvalue weighted by atomic mass is 10.2. The van der Waals surface area contributed by atoms with Crippen molar-refractivity contribution in [2.24, 2.45) is 0 Å². The highest BCUT2D eigenvalue weighted by atomic mass is 16.5. The molecule has 0 atom stereocenters. The number of aliphatic hydroxyl groups excluding tert-OH is 1. The number of rotatable bonds is 7. The molecule has 0 aliphatic rings. The van der Waals surface area contributed by atoms with Crippen LogP contribution in [0.25, 0.3) is 0 Å². The molecule has 4 nitrogen and oxygen atoms in total. The maximum absolute atomic E-state index is 10.1. The van der Waals surface area contributed by atoms with Crippen molar-refractivity contribution >= 4 is 5.97 Å². The molecule has 0 amide bonds. The number of hydrogen-bond acceptors (Lipinski definition) is 3. The maximum atomic E-state index is 10.1. The first-order valence-corrected chi connectivity index (χ1v) is 4.52. The monoisotopic (exact) mass is 200 g/mol. The van der Waals surface area contributed by atoms with E-state index in [4.69, 9.17) is 15.3 Å². The van der Waals surface area contributed by atoms with Gasteiger partial charge < -0.3 is 15.3 Å². The number of aliphatic hydroxyl groups is 2. The molecular weight excluding hydrogens is 184 g/mol. The number of aliphatic carboxylic acids is 1. The predicted octanol–water partition coefficient (Wildman–Crippen LogP) is 1.05. The zero-order valence-electron chi connectivity index (χ0n) is 7.97. The largest absolute Gasteiger partial charge is 0.481 e. The topological polar surface area (TPSA) is 77.8 Å². The summed E-state index contributed by atoms with van der Waals surface area (Å²) in [7, 11) is 0. The molecule has 14 heavy (non-hydrogen) atoms. The molecular formula is C10H16O4. The van der Waals surface area contributed by atoms with E-state index >= 15 is 0 Å². The zero-order chi connectivity index (χ0) is 10.8. The van der Waals surface area contributed by atoms with Gasteiger partial charge in [-0.3, -0.25) is 4.79 Å². The van der Waals surface area contributed by atoms with Crippen molar-refractivity contribution in [3.8, 4) is 0 Å². The van der Waals surface area contributed by atoms with Crippen LogP contribution in [0.3, 0.4) is 0 Å². The van der Waals surface area contributed by atoms with E-state index < -0.39 is 12.3 Å². The van der Waals surface area contributed by atoms with Crippen molar-refractivity contribution in [2.45, 2.75) is 32.0 Å². The van der Waals surface area contributed by atoms with Crippen molar-refractivity contribution in [1.29, 1.82) is 0 Å². The average Bonchev–Trinajstić information content (AvgIpc) is 2.08. The fourth-order valence-electron chi connectivity index (χ4n) is 0.864. The standard InChI is InChI=1S/C10H16O4/c11-9(12)7-5-3-1-2-4-6-8-10(13)14/h1-2,5,7,9,11-12H,3-4,6,8H2,(H,13,14). The highest BCUT2D eigenvalue weighted by Crippen LogP contribution is 1.98. The molecule has 0 aromatic heterocycles. The summed E-state index contributed by atoms with van der Waals surface area (Å²) in [6, 6.07) is 0. The van der Waals surface area contributed by atoms with Crippen molar-refractivity contribution < 1.29 is 20.1 Å². The highest BCUT2D eigenvalue weighted by Gasteiger charge is 1.92. The Hall–Kier alpha value is -1.13. The van der Waals surface area contributed by atoms with Crippen LogP contribution in [-0.4, -0.2) is 27.6 Å². The Morgan fingerprint density at radius 2 is 1.93 bits per heavy atom. The molecule has 0 unspecified atom stereocenters. The van der Waals surface area contributed by atoms with Crippen LogP contribution in [0.15, 0.2) is 24.3 Å². The molecule has 80 valence electrons. The van der Waals surface area contributed by atoms with Gasteiger partial charge in [0, 0.05) is 6.42 Å². The molecule has 0 radical (unpaired) electrons. The summed E-state index contributed by atoms with van der Waals surface area (Å²) in [6.45, 7) is 0. The van der Waals surface area contributed by atoms with Gasteiger partial charge in [0.2, 0.25) is 0 Å². The quantitative estimate of drug-likeness (QED) is 0.326. The molecule has 0 aromatic carbocycles. The summed E-state index contributed by atoms with van der Waals surface area (Å²) in [5.74, 6) is -0.776. The predicted molar refractivity (Wildman–Crippen MR) is 52.6 cm³/mol. The minimum Gasteiger partial charge on any atom is -0.481 e. The van der Waals surface area contributed by atoms with E-state index in [-0.39, 0.29) is 6.42 Å². The van der Waals surface area contributed by atoms with Gasteiger partial charge in [0.05, 0.1) is 0 Å². The van der Waals surface area contributed by atoms with Crippen LogP contribution in [0, 0.1) is 0 Å². The Bertz CT molecular complexity index is 206. The van der Waals surface area contributed by atoms with E-state index in [1.54, 1.807) is 6.08 Å². The van der Waals surface area contributed by atoms with Gasteiger partial charge in [-0.2, -0.15) is 0 Å². The summed E-state index contributed by atoms with van der Waals surface area (Å²) in [5.41, 5.74) is 0. The van der Waals surface area contributed by atoms with Crippen LogP contribution >= 0.6 is 0 Å². The van der Waals surface area contributed by atoms with E-state index in [2.05, 4.69) is 0 Å². The molecule has 0 aromatic rings. The first-order chi connectivity index (χ1) is 6.63. The maximum Gasteiger partial charge on any atom is 0.303 e. The van der Waals surface area contributed by atoms with Gasteiger partial charge in [0.15, 0.2) is 6.29 Å². The Labute approximate surface area is 83.2 Å². The third-order valence-corrected chi connectivity index (χ3v) is 1.51. The lowest BCUT2D eigenvalue weighted by Crippen LogP contribution is -1.96. The molecule has 0 rings (SSSR count). The second-order valence-corrected chi connectivity index (χ2v) is 2.83. The fraction of sp³-hybridized carbons (Fsp3) is 0.500. The number of hydrogen-bond donors (Lipinski definition) is 3. The smallest absolute Gasteiger partial charge is 0.303 e. The lowest BCUT2D eigenvalue weighted by molar-refractivity contribution is -0.137. The minimum atomic E-state index is -1.39. The molecule has 0 aliphatic heterocycles. The summed E-state index contributed by atoms with van der Waals surface area (Å²) in [6.07, 6.45) is 7.47. The van der Waals surface area contributed by atoms with E-state index in [0.717, 1.165) is 6.42 Å². The van der Waals surface area contributed by atoms with E-state index in [1.165, 1.54) is 6.08 Å². The van der Waals surface area contributed by atoms with Crippen molar-refractivity contribution in [3.63, 3.8) is 0 Å². The average molecular weight is 200 g/mol. The van der Waals surface area contributed by atoms with Crippen LogP contribution in [0.2, 0.25) is 0 Å². The van der Waals surface area contributed by atoms with Gasteiger partial charge >= 0.3 is 5.97 Å². The first kappa shape index (κ1) is 12.9. The first-order valence-electron chi connectivity index (χ1n) is 4.52. The molecule has 0 saturated heterocycles. The SMILES string of the molecule is O=C(O)CCCC=CCC=CC(O)O. The van der Waals surface area contributed by atoms with Gasteiger partial charge in [-0.15, -0.1) is 0 Å². The molecule has 0 aliphatic carbocycles. The minimum absolute atomic E-state index is 0.190. The molecule has 0 fully saturated rings. The second kappa shape index (κ2) is 8.47. The van der Waals surface area contributed by atoms with Crippen molar-refractivity contribution in [3.05, 3.63) is 24.3 Å². The van der Waals surface area contributed by atoms with Crippen LogP contribution in [0.5, 0.6) is 0 Å². The van der Waals surface area contributed by atoms with Crippen molar-refractivity contribution in [2.75, 3.05) is 0 Å². The molecule has 3 N–H and O–H groups in total. The van der Waals surface area contributed by atoms with Gasteiger partial charge in [0.1, 0.15) is 0 Å². The zero-order valence-corrected chi connectivity index (χ0v) is 7.97. The van der Waals surface area contributed by atoms with E-state index in [0.29, 0.717) is 12.8 Å². The van der Waals surface area contributed by atoms with Gasteiger partial charge in [-0.25, -0.2) is 0 Å². The molecule has 0 saturated carbocycles. The number of allylic oxidation sites excluding steroid dienone is 3. The Kier molecular flexibility index (Phi) is 7.78. The van der Waals surface area contributed by atoms with Crippen LogP contribution in [-0.2, 0) is 4.79 Å². The number of carboxylic acid groups (broad SMARTS) is 1. The van der Waals surface area contributed by atoms with E-state index in [1.807, 2.05) is 12.2 Å². The van der Waals surface area contributed by atoms with E-state index in [9.17, 15) is 4.79 Å². The third-order valence-electron chi connectivity index (χ3n) is 1.51. The fourth-order valence-corrected chi connectivity index (χ4v) is 0.864. The van der Waals surface area contributed by atoms with Crippen LogP contribution < -0.4 is 0 Å². The Morgan fingerprint density at radius 1 is 1.21 bits per heavy atom. The molecule has 4 heteroatoms. The second-order valence-electron chi connectivity index (χ2n) is 2.83. The summed E-state index contributed by atoms with van der Waals surface area (Å²) < 4.78 is 0. The Balaban J connectivity index is 3.32. The molecule has 0 bridgehead atoms. The molecule has 0 heterocycles. The number of carboxylic acids is 1. The number of carbonyl (C=O) groups is 1. The summed E-state index contributed by atoms with van der Waals surface area (Å²) >= 11 is 0. The highest BCUT2D eigenvalue weighted by molar-refractivity contribution is 5.66. The Morgan fingerprint density at radius 3 is 2.50 bits per heavy atom. The lowest BCUT2D eigenvalue weighted by Gasteiger charge is -1.91. The normalized spacial score (nSPS) is 11.9. The van der Waals surface area contributed by atoms with Gasteiger partial charge in [0.25, 0.3) is 0 Å². The van der Waals surface area contributed by atoms with Crippen LogP contribution in [0.1, 0.15) is 25.7 Å². The summed E-state index contributed by atoms with van der Waals surface area (Å²) in [5, 5.41) is 25.2. The summed E-state index contributed by atoms with van der Waals surface area (Å²) in [4.78, 5) is 10.1. The third kappa shape index (κ3) is 10.9. The van der Waals surface area contributed by atoms with Gasteiger partial charge in [-0.05, 0) is 25.3 Å².